The third-order valence-corrected chi connectivity index (χ3v) is 3.95. The van der Waals surface area contributed by atoms with Crippen LogP contribution in [0.1, 0.15) is 20.8 Å². The summed E-state index contributed by atoms with van der Waals surface area (Å²) in [6.07, 6.45) is 0. The van der Waals surface area contributed by atoms with Gasteiger partial charge in [-0.2, -0.15) is 0 Å². The summed E-state index contributed by atoms with van der Waals surface area (Å²) in [5, 5.41) is 4.79. The van der Waals surface area contributed by atoms with E-state index in [-0.39, 0.29) is 10.8 Å². The van der Waals surface area contributed by atoms with Crippen LogP contribution in [0.5, 0.6) is 0 Å². The molecule has 0 fully saturated rings. The molecule has 0 bridgehead atoms. The van der Waals surface area contributed by atoms with E-state index in [4.69, 9.17) is 0 Å². The van der Waals surface area contributed by atoms with Gasteiger partial charge in [-0.15, -0.1) is 24.0 Å². The number of carbonyl (C=O) groups excluding carboxylic acids is 1. The Hall–Kier alpha value is -1.33. The highest BCUT2D eigenvalue weighted by molar-refractivity contribution is 7.80. The molecular formula is C13H12FNOS2. The number of benzene rings is 1. The van der Waals surface area contributed by atoms with Crippen molar-refractivity contribution < 1.29 is 9.18 Å². The van der Waals surface area contributed by atoms with E-state index in [2.05, 4.69) is 17.9 Å². The second kappa shape index (κ2) is 5.54. The zero-order valence-electron chi connectivity index (χ0n) is 9.74. The van der Waals surface area contributed by atoms with Crippen molar-refractivity contribution in [3.8, 4) is 0 Å². The van der Waals surface area contributed by atoms with Crippen LogP contribution in [0.15, 0.2) is 34.5 Å². The largest absolute Gasteiger partial charge is 0.347 e. The Morgan fingerprint density at radius 2 is 2.22 bits per heavy atom. The predicted molar refractivity (Wildman–Crippen MR) is 73.9 cm³/mol. The van der Waals surface area contributed by atoms with E-state index in [9.17, 15) is 9.18 Å². The first-order valence-corrected chi connectivity index (χ1v) is 6.70. The highest BCUT2D eigenvalue weighted by Crippen LogP contribution is 2.16. The van der Waals surface area contributed by atoms with Gasteiger partial charge in [-0.3, -0.25) is 4.79 Å². The molecule has 0 saturated heterocycles. The summed E-state index contributed by atoms with van der Waals surface area (Å²) in [7, 11) is 0. The van der Waals surface area contributed by atoms with E-state index in [1.165, 1.54) is 18.2 Å². The molecule has 18 heavy (non-hydrogen) atoms. The monoisotopic (exact) mass is 281 g/mol. The minimum atomic E-state index is -0.427. The Morgan fingerprint density at radius 1 is 1.44 bits per heavy atom. The molecule has 94 valence electrons. The summed E-state index contributed by atoms with van der Waals surface area (Å²) in [4.78, 5) is 13.1. The summed E-state index contributed by atoms with van der Waals surface area (Å²) in [5.74, 6) is -0.651. The molecule has 2 rings (SSSR count). The summed E-state index contributed by atoms with van der Waals surface area (Å²) in [6.45, 7) is 2.49. The van der Waals surface area contributed by atoms with E-state index in [0.717, 1.165) is 10.4 Å². The lowest BCUT2D eigenvalue weighted by molar-refractivity contribution is 0.0951. The third-order valence-electron chi connectivity index (χ3n) is 2.59. The fourth-order valence-electron chi connectivity index (χ4n) is 1.50. The maximum Gasteiger partial charge on any atom is 0.251 e. The number of hydrogen-bond donors (Lipinski definition) is 2. The predicted octanol–water partition coefficient (Wildman–Crippen LogP) is 3.41. The quantitative estimate of drug-likeness (QED) is 0.829. The van der Waals surface area contributed by atoms with Crippen molar-refractivity contribution in [2.75, 3.05) is 0 Å². The Balaban J connectivity index is 2.04. The number of rotatable bonds is 3. The molecule has 1 aromatic carbocycles. The molecule has 1 N–H and O–H groups in total. The average molecular weight is 281 g/mol. The van der Waals surface area contributed by atoms with Crippen LogP contribution in [0.4, 0.5) is 4.39 Å². The van der Waals surface area contributed by atoms with E-state index in [1.807, 2.05) is 18.4 Å². The van der Waals surface area contributed by atoms with Crippen molar-refractivity contribution in [1.82, 2.24) is 5.32 Å². The lowest BCUT2D eigenvalue weighted by Gasteiger charge is -2.05. The van der Waals surface area contributed by atoms with Crippen LogP contribution in [0.3, 0.4) is 0 Å². The van der Waals surface area contributed by atoms with Crippen molar-refractivity contribution in [2.45, 2.75) is 18.4 Å². The van der Waals surface area contributed by atoms with Gasteiger partial charge in [-0.1, -0.05) is 0 Å². The van der Waals surface area contributed by atoms with Gasteiger partial charge < -0.3 is 5.32 Å². The van der Waals surface area contributed by atoms with Crippen molar-refractivity contribution in [3.05, 3.63) is 51.5 Å². The molecule has 2 aromatic rings. The van der Waals surface area contributed by atoms with Crippen LogP contribution in [-0.4, -0.2) is 5.91 Å². The normalized spacial score (nSPS) is 10.4. The SMILES string of the molecule is Cc1ccsc1CNC(=O)c1ccc(F)c(S)c1. The maximum atomic E-state index is 13.0. The first-order valence-electron chi connectivity index (χ1n) is 5.37. The minimum absolute atomic E-state index is 0.176. The molecule has 2 nitrogen and oxygen atoms in total. The van der Waals surface area contributed by atoms with Crippen molar-refractivity contribution in [2.24, 2.45) is 0 Å². The Kier molecular flexibility index (Phi) is 4.04. The summed E-state index contributed by atoms with van der Waals surface area (Å²) in [5.41, 5.74) is 1.57. The van der Waals surface area contributed by atoms with Gasteiger partial charge in [0, 0.05) is 15.3 Å². The molecule has 1 heterocycles. The van der Waals surface area contributed by atoms with E-state index in [0.29, 0.717) is 12.1 Å². The molecule has 0 saturated carbocycles. The molecular weight excluding hydrogens is 269 g/mol. The van der Waals surface area contributed by atoms with E-state index >= 15 is 0 Å². The first kappa shape index (κ1) is 13.1. The van der Waals surface area contributed by atoms with Gasteiger partial charge in [-0.05, 0) is 42.1 Å². The van der Waals surface area contributed by atoms with Crippen molar-refractivity contribution in [3.63, 3.8) is 0 Å². The Bertz CT molecular complexity index is 580. The number of nitrogens with one attached hydrogen (secondary N) is 1. The number of halogens is 1. The lowest BCUT2D eigenvalue weighted by Crippen LogP contribution is -2.22. The summed E-state index contributed by atoms with van der Waals surface area (Å²) in [6, 6.07) is 6.13. The van der Waals surface area contributed by atoms with Crippen molar-refractivity contribution >= 4 is 29.9 Å². The topological polar surface area (TPSA) is 29.1 Å². The second-order valence-corrected chi connectivity index (χ2v) is 5.36. The van der Waals surface area contributed by atoms with Gasteiger partial charge in [-0.25, -0.2) is 4.39 Å². The Morgan fingerprint density at radius 3 is 2.83 bits per heavy atom. The number of thiophene rings is 1. The number of aryl methyl sites for hydroxylation is 1. The van der Waals surface area contributed by atoms with E-state index < -0.39 is 5.82 Å². The van der Waals surface area contributed by atoms with Crippen LogP contribution in [-0.2, 0) is 6.54 Å². The lowest BCUT2D eigenvalue weighted by atomic mass is 10.2. The van der Waals surface area contributed by atoms with Gasteiger partial charge in [0.15, 0.2) is 0 Å². The number of amides is 1. The fourth-order valence-corrected chi connectivity index (χ4v) is 2.56. The molecule has 1 amide bonds. The van der Waals surface area contributed by atoms with E-state index in [1.54, 1.807) is 11.3 Å². The van der Waals surface area contributed by atoms with Gasteiger partial charge in [0.25, 0.3) is 5.91 Å². The van der Waals surface area contributed by atoms with Gasteiger partial charge >= 0.3 is 0 Å². The summed E-state index contributed by atoms with van der Waals surface area (Å²) >= 11 is 5.56. The number of hydrogen-bond acceptors (Lipinski definition) is 3. The molecule has 0 aliphatic rings. The van der Waals surface area contributed by atoms with Crippen LogP contribution in [0.2, 0.25) is 0 Å². The molecule has 0 aliphatic heterocycles. The van der Waals surface area contributed by atoms with Crippen LogP contribution >= 0.6 is 24.0 Å². The average Bonchev–Trinajstić information content (AvgIpc) is 2.75. The molecule has 0 atom stereocenters. The molecule has 0 unspecified atom stereocenters. The Labute approximate surface area is 114 Å². The van der Waals surface area contributed by atoms with Crippen LogP contribution in [0, 0.1) is 12.7 Å². The standard InChI is InChI=1S/C13H12FNOS2/c1-8-4-5-18-12(8)7-15-13(16)9-2-3-10(14)11(17)6-9/h2-6,17H,7H2,1H3,(H,15,16). The van der Waals surface area contributed by atoms with Crippen LogP contribution < -0.4 is 5.32 Å². The van der Waals surface area contributed by atoms with Crippen LogP contribution in [0.25, 0.3) is 0 Å². The van der Waals surface area contributed by atoms with Gasteiger partial charge in [0.05, 0.1) is 6.54 Å². The number of carbonyl (C=O) groups is 1. The minimum Gasteiger partial charge on any atom is -0.347 e. The molecule has 1 aromatic heterocycles. The molecule has 5 heteroatoms. The third kappa shape index (κ3) is 2.91. The highest BCUT2D eigenvalue weighted by Gasteiger charge is 2.08. The fraction of sp³-hybridized carbons (Fsp3) is 0.154. The smallest absolute Gasteiger partial charge is 0.251 e. The van der Waals surface area contributed by atoms with Gasteiger partial charge in [0.2, 0.25) is 0 Å². The highest BCUT2D eigenvalue weighted by atomic mass is 32.1. The molecule has 0 aliphatic carbocycles. The zero-order valence-corrected chi connectivity index (χ0v) is 11.4. The first-order chi connectivity index (χ1) is 8.58. The maximum absolute atomic E-state index is 13.0. The van der Waals surface area contributed by atoms with Crippen molar-refractivity contribution in [1.29, 1.82) is 0 Å². The number of thiol groups is 1. The summed E-state index contributed by atoms with van der Waals surface area (Å²) < 4.78 is 13.0. The second-order valence-electron chi connectivity index (χ2n) is 3.88. The van der Waals surface area contributed by atoms with Gasteiger partial charge in [0.1, 0.15) is 5.82 Å². The molecule has 0 radical (unpaired) electrons. The molecule has 0 spiro atoms. The zero-order chi connectivity index (χ0) is 13.1.